The van der Waals surface area contributed by atoms with Crippen LogP contribution in [0.4, 0.5) is 0 Å². The van der Waals surface area contributed by atoms with Crippen LogP contribution in [0.2, 0.25) is 0 Å². The first-order valence-corrected chi connectivity index (χ1v) is 6.33. The molecule has 88 valence electrons. The van der Waals surface area contributed by atoms with Gasteiger partial charge in [0, 0.05) is 32.2 Å². The second kappa shape index (κ2) is 5.28. The van der Waals surface area contributed by atoms with Gasteiger partial charge in [-0.25, -0.2) is 0 Å². The Hall–Kier alpha value is -0.120. The third kappa shape index (κ3) is 3.74. The van der Waals surface area contributed by atoms with Crippen molar-refractivity contribution in [1.82, 2.24) is 10.2 Å². The molecule has 1 aliphatic heterocycles. The predicted octanol–water partition coefficient (Wildman–Crippen LogP) is 1.10. The number of hydrogen-bond donors (Lipinski definition) is 1. The van der Waals surface area contributed by atoms with Crippen LogP contribution in [0, 0.1) is 5.92 Å². The fraction of sp³-hybridized carbons (Fsp3) is 1.00. The summed E-state index contributed by atoms with van der Waals surface area (Å²) in [5, 5.41) is 3.63. The van der Waals surface area contributed by atoms with Crippen LogP contribution in [0.15, 0.2) is 0 Å². The zero-order valence-corrected chi connectivity index (χ0v) is 10.0. The molecule has 2 fully saturated rings. The summed E-state index contributed by atoms with van der Waals surface area (Å²) in [4.78, 5) is 2.54. The summed E-state index contributed by atoms with van der Waals surface area (Å²) in [6, 6.07) is 0.762. The fourth-order valence-electron chi connectivity index (χ4n) is 2.28. The van der Waals surface area contributed by atoms with Crippen molar-refractivity contribution in [3.05, 3.63) is 0 Å². The molecule has 3 nitrogen and oxygen atoms in total. The van der Waals surface area contributed by atoms with Gasteiger partial charge in [-0.1, -0.05) is 0 Å². The van der Waals surface area contributed by atoms with E-state index in [1.165, 1.54) is 25.9 Å². The maximum absolute atomic E-state index is 5.59. The Bertz CT molecular complexity index is 192. The molecule has 1 unspecified atom stereocenters. The topological polar surface area (TPSA) is 24.5 Å². The van der Waals surface area contributed by atoms with Gasteiger partial charge in [0.15, 0.2) is 0 Å². The van der Waals surface area contributed by atoms with Crippen LogP contribution >= 0.6 is 0 Å². The van der Waals surface area contributed by atoms with Crippen molar-refractivity contribution < 1.29 is 4.74 Å². The number of ether oxygens (including phenoxy) is 1. The van der Waals surface area contributed by atoms with Crippen LogP contribution < -0.4 is 5.32 Å². The second-order valence-electron chi connectivity index (χ2n) is 5.12. The predicted molar refractivity (Wildman–Crippen MR) is 62.0 cm³/mol. The third-order valence-corrected chi connectivity index (χ3v) is 3.34. The SMILES string of the molecule is CC(C)OCCN1CCNC(C2CC2)C1. The smallest absolute Gasteiger partial charge is 0.0596 e. The van der Waals surface area contributed by atoms with Crippen molar-refractivity contribution in [3.63, 3.8) is 0 Å². The number of nitrogens with zero attached hydrogens (tertiary/aromatic N) is 1. The summed E-state index contributed by atoms with van der Waals surface area (Å²) in [6.45, 7) is 9.76. The first kappa shape index (κ1) is 11.4. The van der Waals surface area contributed by atoms with Crippen LogP contribution in [0.1, 0.15) is 26.7 Å². The van der Waals surface area contributed by atoms with Gasteiger partial charge in [0.25, 0.3) is 0 Å². The maximum atomic E-state index is 5.59. The van der Waals surface area contributed by atoms with Crippen LogP contribution in [-0.4, -0.2) is 49.8 Å². The molecule has 2 aliphatic rings. The van der Waals surface area contributed by atoms with Gasteiger partial charge in [-0.3, -0.25) is 4.90 Å². The van der Waals surface area contributed by atoms with Gasteiger partial charge >= 0.3 is 0 Å². The molecule has 0 aromatic rings. The highest BCUT2D eigenvalue weighted by Crippen LogP contribution is 2.33. The summed E-state index contributed by atoms with van der Waals surface area (Å²) < 4.78 is 5.59. The highest BCUT2D eigenvalue weighted by Gasteiger charge is 2.33. The Morgan fingerprint density at radius 3 is 2.87 bits per heavy atom. The molecule has 2 rings (SSSR count). The molecule has 0 aromatic heterocycles. The van der Waals surface area contributed by atoms with Gasteiger partial charge < -0.3 is 10.1 Å². The summed E-state index contributed by atoms with van der Waals surface area (Å²) in [5.74, 6) is 0.971. The Kier molecular flexibility index (Phi) is 4.00. The highest BCUT2D eigenvalue weighted by molar-refractivity contribution is 4.91. The second-order valence-corrected chi connectivity index (χ2v) is 5.12. The zero-order chi connectivity index (χ0) is 10.7. The van der Waals surface area contributed by atoms with Crippen molar-refractivity contribution in [2.75, 3.05) is 32.8 Å². The Morgan fingerprint density at radius 1 is 1.40 bits per heavy atom. The molecule has 1 saturated carbocycles. The molecule has 1 heterocycles. The van der Waals surface area contributed by atoms with Crippen LogP contribution in [-0.2, 0) is 4.74 Å². The minimum atomic E-state index is 0.368. The lowest BCUT2D eigenvalue weighted by Gasteiger charge is -2.33. The van der Waals surface area contributed by atoms with Crippen molar-refractivity contribution in [1.29, 1.82) is 0 Å². The first-order chi connectivity index (χ1) is 7.25. The standard InChI is InChI=1S/C12H24N2O/c1-10(2)15-8-7-14-6-5-13-12(9-14)11-3-4-11/h10-13H,3-9H2,1-2H3. The van der Waals surface area contributed by atoms with Gasteiger partial charge in [0.2, 0.25) is 0 Å². The van der Waals surface area contributed by atoms with E-state index in [1.807, 2.05) is 0 Å². The molecule has 1 atom stereocenters. The van der Waals surface area contributed by atoms with Gasteiger partial charge in [-0.15, -0.1) is 0 Å². The Balaban J connectivity index is 1.63. The van der Waals surface area contributed by atoms with Crippen molar-refractivity contribution >= 4 is 0 Å². The number of hydrogen-bond acceptors (Lipinski definition) is 3. The minimum absolute atomic E-state index is 0.368. The molecule has 1 saturated heterocycles. The molecular weight excluding hydrogens is 188 g/mol. The summed E-state index contributed by atoms with van der Waals surface area (Å²) in [5.41, 5.74) is 0. The average molecular weight is 212 g/mol. The first-order valence-electron chi connectivity index (χ1n) is 6.33. The fourth-order valence-corrected chi connectivity index (χ4v) is 2.28. The molecule has 0 spiro atoms. The molecule has 0 aromatic carbocycles. The normalized spacial score (nSPS) is 28.6. The van der Waals surface area contributed by atoms with Gasteiger partial charge in [-0.05, 0) is 32.6 Å². The van der Waals surface area contributed by atoms with Gasteiger partial charge in [0.05, 0.1) is 12.7 Å². The van der Waals surface area contributed by atoms with Crippen LogP contribution in [0.25, 0.3) is 0 Å². The van der Waals surface area contributed by atoms with E-state index in [2.05, 4.69) is 24.1 Å². The van der Waals surface area contributed by atoms with E-state index in [4.69, 9.17) is 4.74 Å². The van der Waals surface area contributed by atoms with Crippen molar-refractivity contribution in [3.8, 4) is 0 Å². The lowest BCUT2D eigenvalue weighted by Crippen LogP contribution is -2.52. The van der Waals surface area contributed by atoms with E-state index < -0.39 is 0 Å². The minimum Gasteiger partial charge on any atom is -0.377 e. The number of nitrogens with one attached hydrogen (secondary N) is 1. The number of piperazine rings is 1. The molecule has 0 radical (unpaired) electrons. The lowest BCUT2D eigenvalue weighted by molar-refractivity contribution is 0.0515. The molecule has 15 heavy (non-hydrogen) atoms. The van der Waals surface area contributed by atoms with Crippen molar-refractivity contribution in [2.45, 2.75) is 38.8 Å². The third-order valence-electron chi connectivity index (χ3n) is 3.34. The van der Waals surface area contributed by atoms with Crippen LogP contribution in [0.3, 0.4) is 0 Å². The van der Waals surface area contributed by atoms with Gasteiger partial charge in [-0.2, -0.15) is 0 Å². The summed E-state index contributed by atoms with van der Waals surface area (Å²) >= 11 is 0. The molecule has 3 heteroatoms. The van der Waals surface area contributed by atoms with E-state index >= 15 is 0 Å². The molecule has 1 aliphatic carbocycles. The van der Waals surface area contributed by atoms with Crippen LogP contribution in [0.5, 0.6) is 0 Å². The average Bonchev–Trinajstić information content (AvgIpc) is 3.01. The van der Waals surface area contributed by atoms with E-state index in [9.17, 15) is 0 Å². The van der Waals surface area contributed by atoms with E-state index in [0.29, 0.717) is 6.10 Å². The van der Waals surface area contributed by atoms with E-state index in [0.717, 1.165) is 31.7 Å². The van der Waals surface area contributed by atoms with Gasteiger partial charge in [0.1, 0.15) is 0 Å². The number of rotatable bonds is 5. The largest absolute Gasteiger partial charge is 0.377 e. The quantitative estimate of drug-likeness (QED) is 0.738. The molecular formula is C12H24N2O. The van der Waals surface area contributed by atoms with Crippen molar-refractivity contribution in [2.24, 2.45) is 5.92 Å². The highest BCUT2D eigenvalue weighted by atomic mass is 16.5. The van der Waals surface area contributed by atoms with E-state index in [1.54, 1.807) is 0 Å². The monoisotopic (exact) mass is 212 g/mol. The maximum Gasteiger partial charge on any atom is 0.0596 e. The Morgan fingerprint density at radius 2 is 2.20 bits per heavy atom. The molecule has 0 bridgehead atoms. The van der Waals surface area contributed by atoms with E-state index in [-0.39, 0.29) is 0 Å². The molecule has 1 N–H and O–H groups in total. The zero-order valence-electron chi connectivity index (χ0n) is 10.0. The summed E-state index contributed by atoms with van der Waals surface area (Å²) in [7, 11) is 0. The summed E-state index contributed by atoms with van der Waals surface area (Å²) in [6.07, 6.45) is 3.24. The lowest BCUT2D eigenvalue weighted by atomic mass is 10.1. The Labute approximate surface area is 93.2 Å². The molecule has 0 amide bonds.